The average molecular weight is 145 g/mol. The van der Waals surface area contributed by atoms with Crippen molar-refractivity contribution in [3.8, 4) is 0 Å². The molecule has 0 saturated heterocycles. The monoisotopic (exact) mass is 145 g/mol. The second kappa shape index (κ2) is 3.04. The van der Waals surface area contributed by atoms with Crippen molar-refractivity contribution >= 4 is 34.6 Å². The molecule has 0 amide bonds. The fourth-order valence-corrected chi connectivity index (χ4v) is 1.30. The molecule has 8 heavy (non-hydrogen) atoms. The number of hydrogen-bond donors (Lipinski definition) is 1. The van der Waals surface area contributed by atoms with Gasteiger partial charge in [0.1, 0.15) is 5.49 Å². The predicted molar refractivity (Wildman–Crippen MR) is 40.5 cm³/mol. The van der Waals surface area contributed by atoms with Crippen LogP contribution < -0.4 is 5.32 Å². The number of rotatable bonds is 1. The normalized spacial score (nSPS) is 17.8. The van der Waals surface area contributed by atoms with Crippen LogP contribution in [0.3, 0.4) is 0 Å². The highest BCUT2D eigenvalue weighted by molar-refractivity contribution is 8.14. The van der Waals surface area contributed by atoms with E-state index >= 15 is 0 Å². The molecule has 1 N–H and O–H groups in total. The number of amidine groups is 1. The first-order valence-electron chi connectivity index (χ1n) is 2.24. The third-order valence-electron chi connectivity index (χ3n) is 0.743. The van der Waals surface area contributed by atoms with Gasteiger partial charge in [-0.3, -0.25) is 4.99 Å². The topological polar surface area (TPSA) is 24.4 Å². The summed E-state index contributed by atoms with van der Waals surface area (Å²) in [5, 5.41) is 3.62. The van der Waals surface area contributed by atoms with E-state index < -0.39 is 0 Å². The number of nitrogens with one attached hydrogen (secondary N) is 1. The van der Waals surface area contributed by atoms with Gasteiger partial charge >= 0.3 is 0 Å². The predicted octanol–water partition coefficient (Wildman–Crippen LogP) is 0.513. The zero-order valence-corrected chi connectivity index (χ0v) is 5.81. The first-order chi connectivity index (χ1) is 3.93. The minimum atomic E-state index is 0.903. The third-order valence-corrected chi connectivity index (χ3v) is 1.74. The summed E-state index contributed by atoms with van der Waals surface area (Å²) in [7, 11) is 0. The molecule has 0 aromatic carbocycles. The van der Waals surface area contributed by atoms with Crippen molar-refractivity contribution in [2.75, 3.05) is 12.3 Å². The van der Waals surface area contributed by atoms with Crippen LogP contribution in [0.25, 0.3) is 0 Å². The Morgan fingerprint density at radius 2 is 2.75 bits per heavy atom. The number of nitrogens with zero attached hydrogens (tertiary/aromatic N) is 1. The SMILES string of the molecule is S=[C]NC1=NCCS1. The van der Waals surface area contributed by atoms with Crippen LogP contribution in [-0.2, 0) is 0 Å². The van der Waals surface area contributed by atoms with Crippen molar-refractivity contribution in [3.05, 3.63) is 0 Å². The summed E-state index contributed by atoms with van der Waals surface area (Å²) in [4.78, 5) is 4.06. The summed E-state index contributed by atoms with van der Waals surface area (Å²) in [6.45, 7) is 0.907. The number of thiocarbonyl (C=S) groups is 1. The lowest BCUT2D eigenvalue weighted by Crippen LogP contribution is -2.14. The molecule has 1 aliphatic heterocycles. The van der Waals surface area contributed by atoms with Gasteiger partial charge < -0.3 is 5.32 Å². The molecule has 0 bridgehead atoms. The average Bonchev–Trinajstić information content (AvgIpc) is 2.19. The van der Waals surface area contributed by atoms with Crippen molar-refractivity contribution in [1.82, 2.24) is 5.32 Å². The number of aliphatic imine (C=N–C) groups is 1. The van der Waals surface area contributed by atoms with E-state index in [-0.39, 0.29) is 0 Å². The Kier molecular flexibility index (Phi) is 2.29. The lowest BCUT2D eigenvalue weighted by Gasteiger charge is -1.90. The fraction of sp³-hybridized carbons (Fsp3) is 0.500. The molecule has 0 atom stereocenters. The first kappa shape index (κ1) is 6.04. The quantitative estimate of drug-likeness (QED) is 0.430. The highest BCUT2D eigenvalue weighted by Crippen LogP contribution is 2.07. The van der Waals surface area contributed by atoms with Gasteiger partial charge in [-0.25, -0.2) is 0 Å². The molecule has 1 radical (unpaired) electrons. The lowest BCUT2D eigenvalue weighted by molar-refractivity contribution is 1.16. The van der Waals surface area contributed by atoms with E-state index in [1.54, 1.807) is 11.8 Å². The van der Waals surface area contributed by atoms with E-state index in [2.05, 4.69) is 28.0 Å². The molecule has 0 unspecified atom stereocenters. The second-order valence-corrected chi connectivity index (χ2v) is 2.55. The molecule has 0 aliphatic carbocycles. The summed E-state index contributed by atoms with van der Waals surface area (Å²) >= 11 is 6.11. The Morgan fingerprint density at radius 1 is 1.88 bits per heavy atom. The van der Waals surface area contributed by atoms with Crippen LogP contribution in [0.1, 0.15) is 0 Å². The van der Waals surface area contributed by atoms with Crippen LogP contribution in [-0.4, -0.2) is 23.0 Å². The van der Waals surface area contributed by atoms with Gasteiger partial charge in [0.05, 0.1) is 6.54 Å². The summed E-state index contributed by atoms with van der Waals surface area (Å²) in [5.41, 5.74) is 2.39. The summed E-state index contributed by atoms with van der Waals surface area (Å²) in [6, 6.07) is 0. The zero-order chi connectivity index (χ0) is 5.82. The van der Waals surface area contributed by atoms with E-state index in [0.29, 0.717) is 0 Å². The van der Waals surface area contributed by atoms with Gasteiger partial charge in [-0.15, -0.1) is 0 Å². The minimum absolute atomic E-state index is 0.903. The third kappa shape index (κ3) is 1.45. The molecule has 1 rings (SSSR count). The summed E-state index contributed by atoms with van der Waals surface area (Å²) in [6.07, 6.45) is 0. The maximum absolute atomic E-state index is 4.43. The lowest BCUT2D eigenvalue weighted by atomic mass is 10.8. The van der Waals surface area contributed by atoms with E-state index in [4.69, 9.17) is 0 Å². The molecular formula is C4H5N2S2. The Hall–Kier alpha value is -0.0900. The Bertz CT molecular complexity index is 121. The van der Waals surface area contributed by atoms with Gasteiger partial charge in [0.2, 0.25) is 0 Å². The van der Waals surface area contributed by atoms with Crippen LogP contribution in [0.2, 0.25) is 0 Å². The maximum Gasteiger partial charge on any atom is 0.161 e. The molecule has 0 fully saturated rings. The zero-order valence-electron chi connectivity index (χ0n) is 4.18. The smallest absolute Gasteiger partial charge is 0.161 e. The van der Waals surface area contributed by atoms with Crippen molar-refractivity contribution in [2.45, 2.75) is 0 Å². The molecule has 0 spiro atoms. The second-order valence-electron chi connectivity index (χ2n) is 1.26. The molecular weight excluding hydrogens is 140 g/mol. The van der Waals surface area contributed by atoms with Crippen LogP contribution in [0.5, 0.6) is 0 Å². The van der Waals surface area contributed by atoms with Crippen LogP contribution in [0.4, 0.5) is 0 Å². The van der Waals surface area contributed by atoms with E-state index in [1.165, 1.54) is 0 Å². The van der Waals surface area contributed by atoms with Crippen LogP contribution >= 0.6 is 24.0 Å². The van der Waals surface area contributed by atoms with Crippen molar-refractivity contribution in [1.29, 1.82) is 0 Å². The molecule has 0 saturated carbocycles. The van der Waals surface area contributed by atoms with Crippen molar-refractivity contribution < 1.29 is 0 Å². The van der Waals surface area contributed by atoms with Gasteiger partial charge in [0.25, 0.3) is 0 Å². The van der Waals surface area contributed by atoms with Crippen LogP contribution in [0.15, 0.2) is 4.99 Å². The van der Waals surface area contributed by atoms with E-state index in [9.17, 15) is 0 Å². The molecule has 1 heterocycles. The summed E-state index contributed by atoms with van der Waals surface area (Å²) in [5.74, 6) is 1.07. The molecule has 43 valence electrons. The molecule has 2 nitrogen and oxygen atoms in total. The molecule has 0 aromatic heterocycles. The summed E-state index contributed by atoms with van der Waals surface area (Å²) < 4.78 is 0. The highest BCUT2D eigenvalue weighted by Gasteiger charge is 2.02. The molecule has 1 aliphatic rings. The minimum Gasteiger partial charge on any atom is -0.324 e. The fourth-order valence-electron chi connectivity index (χ4n) is 0.454. The van der Waals surface area contributed by atoms with Crippen LogP contribution in [0, 0.1) is 0 Å². The van der Waals surface area contributed by atoms with Gasteiger partial charge in [0.15, 0.2) is 5.17 Å². The first-order valence-corrected chi connectivity index (χ1v) is 3.63. The van der Waals surface area contributed by atoms with Crippen molar-refractivity contribution in [2.24, 2.45) is 4.99 Å². The number of hydrogen-bond acceptors (Lipinski definition) is 3. The van der Waals surface area contributed by atoms with Gasteiger partial charge in [0, 0.05) is 5.75 Å². The highest BCUT2D eigenvalue weighted by atomic mass is 32.2. The van der Waals surface area contributed by atoms with Gasteiger partial charge in [-0.1, -0.05) is 24.0 Å². The van der Waals surface area contributed by atoms with E-state index in [1.807, 2.05) is 0 Å². The number of thioether (sulfide) groups is 1. The Balaban J connectivity index is 2.33. The van der Waals surface area contributed by atoms with Gasteiger partial charge in [-0.05, 0) is 0 Å². The molecule has 4 heteroatoms. The Morgan fingerprint density at radius 3 is 3.25 bits per heavy atom. The maximum atomic E-state index is 4.43. The van der Waals surface area contributed by atoms with Gasteiger partial charge in [-0.2, -0.15) is 0 Å². The molecule has 0 aromatic rings. The largest absolute Gasteiger partial charge is 0.324 e. The van der Waals surface area contributed by atoms with E-state index in [0.717, 1.165) is 17.5 Å². The Labute approximate surface area is 57.8 Å². The standard InChI is InChI=1S/C4H5N2S2/c7-3-6-4-5-1-2-8-4/h1-2H2,(H,5,6,7). The van der Waals surface area contributed by atoms with Crippen molar-refractivity contribution in [3.63, 3.8) is 0 Å².